The maximum atomic E-state index is 3.71. The van der Waals surface area contributed by atoms with Gasteiger partial charge in [-0.05, 0) is 43.5 Å². The molecular weight excluding hydrogens is 244 g/mol. The minimum atomic E-state index is 0.565. The predicted molar refractivity (Wildman–Crippen MR) is 89.2 cm³/mol. The molecule has 1 atom stereocenters. The first kappa shape index (κ1) is 17.2. The molecule has 2 heteroatoms. The Morgan fingerprint density at radius 2 is 1.60 bits per heavy atom. The van der Waals surface area contributed by atoms with Gasteiger partial charge in [-0.1, -0.05) is 52.0 Å². The van der Waals surface area contributed by atoms with Crippen LogP contribution in [0.1, 0.15) is 51.2 Å². The highest BCUT2D eigenvalue weighted by atomic mass is 15.1. The van der Waals surface area contributed by atoms with Crippen LogP contribution in [0, 0.1) is 5.92 Å². The number of nitrogens with one attached hydrogen (secondary N) is 1. The van der Waals surface area contributed by atoms with E-state index in [1.54, 1.807) is 0 Å². The molecule has 0 fully saturated rings. The lowest BCUT2D eigenvalue weighted by Crippen LogP contribution is -2.38. The average molecular weight is 276 g/mol. The number of hydrogen-bond acceptors (Lipinski definition) is 2. The first-order valence-electron chi connectivity index (χ1n) is 7.85. The van der Waals surface area contributed by atoms with Gasteiger partial charge in [0.1, 0.15) is 0 Å². The highest BCUT2D eigenvalue weighted by Crippen LogP contribution is 2.15. The zero-order valence-corrected chi connectivity index (χ0v) is 14.1. The molecule has 0 aliphatic carbocycles. The van der Waals surface area contributed by atoms with Gasteiger partial charge in [0.2, 0.25) is 0 Å². The Kier molecular flexibility index (Phi) is 7.25. The monoisotopic (exact) mass is 276 g/mol. The van der Waals surface area contributed by atoms with Crippen LogP contribution in [-0.2, 0) is 6.54 Å². The van der Waals surface area contributed by atoms with Crippen LogP contribution < -0.4 is 5.32 Å². The van der Waals surface area contributed by atoms with Crippen LogP contribution >= 0.6 is 0 Å². The summed E-state index contributed by atoms with van der Waals surface area (Å²) in [6.07, 6.45) is 1.22. The van der Waals surface area contributed by atoms with Crippen molar-refractivity contribution < 1.29 is 0 Å². The summed E-state index contributed by atoms with van der Waals surface area (Å²) in [4.78, 5) is 2.27. The van der Waals surface area contributed by atoms with Gasteiger partial charge >= 0.3 is 0 Å². The zero-order valence-electron chi connectivity index (χ0n) is 14.1. The second-order valence-electron chi connectivity index (χ2n) is 6.87. The largest absolute Gasteiger partial charge is 0.309 e. The number of hydrogen-bond donors (Lipinski definition) is 1. The van der Waals surface area contributed by atoms with Gasteiger partial charge in [-0.15, -0.1) is 0 Å². The Bertz CT molecular complexity index is 356. The van der Waals surface area contributed by atoms with E-state index in [4.69, 9.17) is 0 Å². The van der Waals surface area contributed by atoms with Crippen LogP contribution in [0.5, 0.6) is 0 Å². The predicted octanol–water partition coefficient (Wildman–Crippen LogP) is 3.88. The molecule has 20 heavy (non-hydrogen) atoms. The van der Waals surface area contributed by atoms with E-state index in [0.29, 0.717) is 12.0 Å². The van der Waals surface area contributed by atoms with Gasteiger partial charge in [0.25, 0.3) is 0 Å². The lowest BCUT2D eigenvalue weighted by atomic mass is 10.0. The van der Waals surface area contributed by atoms with Crippen LogP contribution in [0.25, 0.3) is 0 Å². The van der Waals surface area contributed by atoms with Gasteiger partial charge in [0.15, 0.2) is 0 Å². The van der Waals surface area contributed by atoms with Crippen molar-refractivity contribution in [2.24, 2.45) is 5.92 Å². The molecule has 1 aromatic rings. The smallest absolute Gasteiger partial charge is 0.0208 e. The molecule has 0 saturated carbocycles. The number of benzene rings is 1. The molecule has 0 aromatic heterocycles. The fourth-order valence-corrected chi connectivity index (χ4v) is 2.51. The summed E-state index contributed by atoms with van der Waals surface area (Å²) < 4.78 is 0. The fraction of sp³-hybridized carbons (Fsp3) is 0.667. The van der Waals surface area contributed by atoms with Crippen molar-refractivity contribution in [2.45, 2.75) is 52.6 Å². The first-order valence-corrected chi connectivity index (χ1v) is 7.85. The van der Waals surface area contributed by atoms with Crippen LogP contribution in [0.2, 0.25) is 0 Å². The van der Waals surface area contributed by atoms with Crippen molar-refractivity contribution >= 4 is 0 Å². The Morgan fingerprint density at radius 1 is 1.00 bits per heavy atom. The van der Waals surface area contributed by atoms with Gasteiger partial charge < -0.3 is 10.2 Å². The molecule has 0 saturated heterocycles. The van der Waals surface area contributed by atoms with E-state index < -0.39 is 0 Å². The molecule has 0 amide bonds. The molecule has 0 bridgehead atoms. The molecule has 114 valence electrons. The lowest BCUT2D eigenvalue weighted by Gasteiger charge is -2.24. The highest BCUT2D eigenvalue weighted by molar-refractivity contribution is 5.24. The van der Waals surface area contributed by atoms with E-state index in [0.717, 1.165) is 19.0 Å². The van der Waals surface area contributed by atoms with Crippen LogP contribution in [0.3, 0.4) is 0 Å². The maximum Gasteiger partial charge on any atom is 0.0208 e. The third-order valence-corrected chi connectivity index (χ3v) is 3.58. The minimum absolute atomic E-state index is 0.565. The first-order chi connectivity index (χ1) is 9.38. The van der Waals surface area contributed by atoms with Gasteiger partial charge in [-0.3, -0.25) is 0 Å². The van der Waals surface area contributed by atoms with E-state index in [1.807, 2.05) is 0 Å². The van der Waals surface area contributed by atoms with E-state index in [-0.39, 0.29) is 0 Å². The van der Waals surface area contributed by atoms with E-state index in [2.05, 4.69) is 76.3 Å². The minimum Gasteiger partial charge on any atom is -0.309 e. The van der Waals surface area contributed by atoms with Gasteiger partial charge in [-0.25, -0.2) is 0 Å². The number of likely N-dealkylation sites (N-methyl/N-ethyl adjacent to an activating group) is 1. The van der Waals surface area contributed by atoms with Crippen molar-refractivity contribution in [3.63, 3.8) is 0 Å². The molecule has 0 aliphatic heterocycles. The maximum absolute atomic E-state index is 3.71. The molecule has 1 N–H and O–H groups in total. The molecule has 1 unspecified atom stereocenters. The van der Waals surface area contributed by atoms with Crippen molar-refractivity contribution in [2.75, 3.05) is 20.6 Å². The normalized spacial score (nSPS) is 13.4. The van der Waals surface area contributed by atoms with Crippen molar-refractivity contribution in [3.05, 3.63) is 35.4 Å². The summed E-state index contributed by atoms with van der Waals surface area (Å²) in [7, 11) is 4.29. The third kappa shape index (κ3) is 6.53. The van der Waals surface area contributed by atoms with Gasteiger partial charge in [-0.2, -0.15) is 0 Å². The Labute approximate surface area is 125 Å². The molecule has 0 aliphatic rings. The molecule has 1 aromatic carbocycles. The summed E-state index contributed by atoms with van der Waals surface area (Å²) in [5.74, 6) is 1.34. The summed E-state index contributed by atoms with van der Waals surface area (Å²) in [6.45, 7) is 11.1. The van der Waals surface area contributed by atoms with Crippen LogP contribution in [0.15, 0.2) is 24.3 Å². The number of rotatable bonds is 8. The number of nitrogens with zero attached hydrogens (tertiary/aromatic N) is 1. The van der Waals surface area contributed by atoms with Crippen LogP contribution in [-0.4, -0.2) is 31.6 Å². The summed E-state index contributed by atoms with van der Waals surface area (Å²) in [6, 6.07) is 9.58. The molecule has 0 radical (unpaired) electrons. The Balaban J connectivity index is 2.53. The molecular formula is C18H32N2. The lowest BCUT2D eigenvalue weighted by molar-refractivity contribution is 0.305. The topological polar surface area (TPSA) is 15.3 Å². The van der Waals surface area contributed by atoms with E-state index in [9.17, 15) is 0 Å². The zero-order chi connectivity index (χ0) is 15.1. The molecule has 0 spiro atoms. The second-order valence-corrected chi connectivity index (χ2v) is 6.87. The summed E-state index contributed by atoms with van der Waals surface area (Å²) in [5.41, 5.74) is 2.79. The third-order valence-electron chi connectivity index (χ3n) is 3.58. The van der Waals surface area contributed by atoms with E-state index in [1.165, 1.54) is 17.5 Å². The van der Waals surface area contributed by atoms with Crippen molar-refractivity contribution in [1.82, 2.24) is 10.2 Å². The SMILES string of the molecule is CC(C)CC(CN(C)C)NCc1ccc(C(C)C)cc1. The van der Waals surface area contributed by atoms with Crippen molar-refractivity contribution in [1.29, 1.82) is 0 Å². The summed E-state index contributed by atoms with van der Waals surface area (Å²) >= 11 is 0. The molecule has 0 heterocycles. The Morgan fingerprint density at radius 3 is 2.05 bits per heavy atom. The van der Waals surface area contributed by atoms with Gasteiger partial charge in [0.05, 0.1) is 0 Å². The standard InChI is InChI=1S/C18H32N2/c1-14(2)11-18(13-20(5)6)19-12-16-7-9-17(10-8-16)15(3)4/h7-10,14-15,18-19H,11-13H2,1-6H3. The quantitative estimate of drug-likeness (QED) is 0.775. The fourth-order valence-electron chi connectivity index (χ4n) is 2.51. The highest BCUT2D eigenvalue weighted by Gasteiger charge is 2.11. The Hall–Kier alpha value is -0.860. The van der Waals surface area contributed by atoms with Crippen molar-refractivity contribution in [3.8, 4) is 0 Å². The molecule has 2 nitrogen and oxygen atoms in total. The average Bonchev–Trinajstić information content (AvgIpc) is 2.35. The summed E-state index contributed by atoms with van der Waals surface area (Å²) in [5, 5.41) is 3.71. The van der Waals surface area contributed by atoms with Gasteiger partial charge in [0, 0.05) is 19.1 Å². The van der Waals surface area contributed by atoms with Crippen LogP contribution in [0.4, 0.5) is 0 Å². The van der Waals surface area contributed by atoms with E-state index >= 15 is 0 Å². The molecule has 1 rings (SSSR count). The second kappa shape index (κ2) is 8.43.